The van der Waals surface area contributed by atoms with Gasteiger partial charge >= 0.3 is 5.69 Å². The van der Waals surface area contributed by atoms with Gasteiger partial charge in [-0.1, -0.05) is 0 Å². The summed E-state index contributed by atoms with van der Waals surface area (Å²) < 4.78 is 0. The van der Waals surface area contributed by atoms with Crippen LogP contribution in [0, 0.1) is 0 Å². The zero-order chi connectivity index (χ0) is 8.69. The third kappa shape index (κ3) is 8.35. The first kappa shape index (κ1) is 9.35. The zero-order valence-corrected chi connectivity index (χ0v) is 5.94. The highest BCUT2D eigenvalue weighted by molar-refractivity contribution is 5.62. The van der Waals surface area contributed by atoms with E-state index in [4.69, 9.17) is 9.90 Å². The van der Waals surface area contributed by atoms with Crippen molar-refractivity contribution in [1.29, 1.82) is 0 Å². The van der Waals surface area contributed by atoms with E-state index in [0.29, 0.717) is 0 Å². The number of carboxylic acid groups (broad SMARTS) is 1. The number of aromatic nitrogens is 2. The van der Waals surface area contributed by atoms with E-state index < -0.39 is 5.97 Å². The van der Waals surface area contributed by atoms with Crippen LogP contribution in [0.4, 0.5) is 0 Å². The Kier molecular flexibility index (Phi) is 4.39. The van der Waals surface area contributed by atoms with Crippen LogP contribution in [0.25, 0.3) is 0 Å². The summed E-state index contributed by atoms with van der Waals surface area (Å²) in [7, 11) is 0. The molecular weight excluding hydrogens is 148 g/mol. The predicted octanol–water partition coefficient (Wildman–Crippen LogP) is -0.139. The molecule has 2 N–H and O–H groups in total. The molecule has 11 heavy (non-hydrogen) atoms. The molecule has 0 bridgehead atoms. The lowest BCUT2D eigenvalue weighted by Gasteiger charge is -1.72. The number of rotatable bonds is 0. The fourth-order valence-corrected chi connectivity index (χ4v) is 0.310. The molecule has 0 spiro atoms. The minimum absolute atomic E-state index is 0.303. The van der Waals surface area contributed by atoms with Gasteiger partial charge in [0.15, 0.2) is 0 Å². The standard InChI is InChI=1S/C4H4N2O.C2H4O2/c7-4-5-2-1-3-6-4;1-2(3)4/h1-3H,(H,5,6,7);1H3,(H,3,4). The third-order valence-corrected chi connectivity index (χ3v) is 0.581. The molecule has 5 heteroatoms. The summed E-state index contributed by atoms with van der Waals surface area (Å²) in [4.78, 5) is 24.8. The molecule has 1 aromatic heterocycles. The van der Waals surface area contributed by atoms with Crippen LogP contribution in [0.1, 0.15) is 6.92 Å². The molecule has 5 nitrogen and oxygen atoms in total. The SMILES string of the molecule is CC(=O)O.O=c1nccc[nH]1. The molecule has 60 valence electrons. The second kappa shape index (κ2) is 5.16. The summed E-state index contributed by atoms with van der Waals surface area (Å²) in [5, 5.41) is 7.42. The fourth-order valence-electron chi connectivity index (χ4n) is 0.310. The van der Waals surface area contributed by atoms with Crippen molar-refractivity contribution in [3.63, 3.8) is 0 Å². The molecule has 0 aromatic carbocycles. The Labute approximate surface area is 62.7 Å². The lowest BCUT2D eigenvalue weighted by atomic mass is 10.7. The number of nitrogens with zero attached hydrogens (tertiary/aromatic N) is 1. The van der Waals surface area contributed by atoms with Gasteiger partial charge in [-0.15, -0.1) is 0 Å². The molecule has 1 rings (SSSR count). The van der Waals surface area contributed by atoms with Gasteiger partial charge < -0.3 is 10.1 Å². The van der Waals surface area contributed by atoms with Gasteiger partial charge in [0.25, 0.3) is 5.97 Å². The van der Waals surface area contributed by atoms with E-state index in [-0.39, 0.29) is 5.69 Å². The van der Waals surface area contributed by atoms with Gasteiger partial charge in [0.05, 0.1) is 0 Å². The number of hydrogen-bond acceptors (Lipinski definition) is 3. The number of carbonyl (C=O) groups is 1. The van der Waals surface area contributed by atoms with Crippen molar-refractivity contribution in [3.05, 3.63) is 28.9 Å². The molecule has 0 aliphatic rings. The average Bonchev–Trinajstić information content (AvgIpc) is 1.87. The maximum Gasteiger partial charge on any atom is 0.344 e. The maximum absolute atomic E-state index is 10.1. The molecule has 0 fully saturated rings. The zero-order valence-electron chi connectivity index (χ0n) is 5.94. The lowest BCUT2D eigenvalue weighted by Crippen LogP contribution is -2.05. The molecule has 0 amide bonds. The predicted molar refractivity (Wildman–Crippen MR) is 38.2 cm³/mol. The Morgan fingerprint density at radius 2 is 2.27 bits per heavy atom. The molecule has 1 aromatic rings. The van der Waals surface area contributed by atoms with Gasteiger partial charge in [-0.05, 0) is 6.07 Å². The van der Waals surface area contributed by atoms with E-state index in [2.05, 4.69) is 9.97 Å². The molecule has 0 saturated carbocycles. The highest BCUT2D eigenvalue weighted by Gasteiger charge is 1.70. The Bertz CT molecular complexity index is 247. The van der Waals surface area contributed by atoms with E-state index in [1.165, 1.54) is 12.4 Å². The van der Waals surface area contributed by atoms with Gasteiger partial charge in [-0.2, -0.15) is 0 Å². The third-order valence-electron chi connectivity index (χ3n) is 0.581. The van der Waals surface area contributed by atoms with E-state index in [1.54, 1.807) is 6.07 Å². The van der Waals surface area contributed by atoms with Gasteiger partial charge in [0.2, 0.25) is 0 Å². The molecule has 0 aliphatic heterocycles. The van der Waals surface area contributed by atoms with Gasteiger partial charge in [-0.3, -0.25) is 4.79 Å². The Balaban J connectivity index is 0.000000218. The molecule has 0 unspecified atom stereocenters. The Morgan fingerprint density at radius 1 is 1.73 bits per heavy atom. The van der Waals surface area contributed by atoms with E-state index in [9.17, 15) is 4.79 Å². The minimum Gasteiger partial charge on any atom is -0.481 e. The van der Waals surface area contributed by atoms with Gasteiger partial charge in [0, 0.05) is 19.3 Å². The highest BCUT2D eigenvalue weighted by atomic mass is 16.4. The molecule has 0 atom stereocenters. The second-order valence-electron chi connectivity index (χ2n) is 1.61. The van der Waals surface area contributed by atoms with Crippen molar-refractivity contribution in [2.24, 2.45) is 0 Å². The van der Waals surface area contributed by atoms with Crippen LogP contribution in [-0.2, 0) is 4.79 Å². The van der Waals surface area contributed by atoms with Crippen LogP contribution < -0.4 is 5.69 Å². The Morgan fingerprint density at radius 3 is 2.45 bits per heavy atom. The normalized spacial score (nSPS) is 7.73. The quantitative estimate of drug-likeness (QED) is 0.547. The number of carboxylic acids is 1. The highest BCUT2D eigenvalue weighted by Crippen LogP contribution is 1.61. The monoisotopic (exact) mass is 156 g/mol. The summed E-state index contributed by atoms with van der Waals surface area (Å²) in [6, 6.07) is 1.65. The number of H-pyrrole nitrogens is 1. The van der Waals surface area contributed by atoms with E-state index in [0.717, 1.165) is 6.92 Å². The number of hydrogen-bond donors (Lipinski definition) is 2. The van der Waals surface area contributed by atoms with Crippen molar-refractivity contribution < 1.29 is 9.90 Å². The smallest absolute Gasteiger partial charge is 0.344 e. The van der Waals surface area contributed by atoms with Crippen LogP contribution in [0.5, 0.6) is 0 Å². The molecule has 0 radical (unpaired) electrons. The van der Waals surface area contributed by atoms with Crippen molar-refractivity contribution in [1.82, 2.24) is 9.97 Å². The minimum atomic E-state index is -0.833. The molecule has 0 aliphatic carbocycles. The molecule has 1 heterocycles. The van der Waals surface area contributed by atoms with Crippen molar-refractivity contribution in [2.75, 3.05) is 0 Å². The average molecular weight is 156 g/mol. The summed E-state index contributed by atoms with van der Waals surface area (Å²) >= 11 is 0. The van der Waals surface area contributed by atoms with Crippen LogP contribution in [0.2, 0.25) is 0 Å². The molecular formula is C6H8N2O3. The van der Waals surface area contributed by atoms with E-state index in [1.807, 2.05) is 0 Å². The number of aromatic amines is 1. The van der Waals surface area contributed by atoms with Crippen molar-refractivity contribution in [3.8, 4) is 0 Å². The largest absolute Gasteiger partial charge is 0.481 e. The van der Waals surface area contributed by atoms with Gasteiger partial charge in [0.1, 0.15) is 0 Å². The topological polar surface area (TPSA) is 83.0 Å². The summed E-state index contributed by atoms with van der Waals surface area (Å²) in [6.07, 6.45) is 2.98. The maximum atomic E-state index is 10.1. The molecule has 0 saturated heterocycles. The fraction of sp³-hybridized carbons (Fsp3) is 0.167. The van der Waals surface area contributed by atoms with Crippen molar-refractivity contribution in [2.45, 2.75) is 6.92 Å². The van der Waals surface area contributed by atoms with Crippen LogP contribution in [0.15, 0.2) is 23.3 Å². The van der Waals surface area contributed by atoms with Crippen LogP contribution >= 0.6 is 0 Å². The second-order valence-corrected chi connectivity index (χ2v) is 1.61. The summed E-state index contributed by atoms with van der Waals surface area (Å²) in [5.41, 5.74) is -0.303. The summed E-state index contributed by atoms with van der Waals surface area (Å²) in [6.45, 7) is 1.08. The van der Waals surface area contributed by atoms with E-state index >= 15 is 0 Å². The van der Waals surface area contributed by atoms with Crippen LogP contribution in [-0.4, -0.2) is 21.0 Å². The first-order valence-electron chi connectivity index (χ1n) is 2.82. The Hall–Kier alpha value is -1.65. The number of nitrogens with one attached hydrogen (secondary N) is 1. The van der Waals surface area contributed by atoms with Crippen molar-refractivity contribution >= 4 is 5.97 Å². The number of aliphatic carboxylic acids is 1. The first-order valence-corrected chi connectivity index (χ1v) is 2.82. The van der Waals surface area contributed by atoms with Gasteiger partial charge in [-0.25, -0.2) is 9.78 Å². The lowest BCUT2D eigenvalue weighted by molar-refractivity contribution is -0.134. The van der Waals surface area contributed by atoms with Crippen LogP contribution in [0.3, 0.4) is 0 Å². The first-order chi connectivity index (χ1) is 5.13. The summed E-state index contributed by atoms with van der Waals surface area (Å²) in [5.74, 6) is -0.833.